The predicted octanol–water partition coefficient (Wildman–Crippen LogP) is 0.414. The van der Waals surface area contributed by atoms with Crippen molar-refractivity contribution in [3.8, 4) is 0 Å². The van der Waals surface area contributed by atoms with Crippen LogP contribution in [0.5, 0.6) is 0 Å². The van der Waals surface area contributed by atoms with Gasteiger partial charge < -0.3 is 10.1 Å². The molecule has 1 N–H and O–H groups in total. The molecule has 118 valence electrons. The van der Waals surface area contributed by atoms with E-state index in [0.29, 0.717) is 26.2 Å². The Bertz CT molecular complexity index is 403. The Morgan fingerprint density at radius 2 is 1.85 bits per heavy atom. The quantitative estimate of drug-likeness (QED) is 0.817. The summed E-state index contributed by atoms with van der Waals surface area (Å²) in [4.78, 5) is 0. The van der Waals surface area contributed by atoms with Gasteiger partial charge in [-0.1, -0.05) is 6.42 Å². The standard InChI is InChI=1S/C13H27N3O3S/c1-11-9-15(10-12(2)19-11)20(17,18)16-7-5-4-6-13(16)8-14-3/h11-14H,4-10H2,1-3H3. The van der Waals surface area contributed by atoms with Crippen LogP contribution in [0.15, 0.2) is 0 Å². The highest BCUT2D eigenvalue weighted by atomic mass is 32.2. The van der Waals surface area contributed by atoms with E-state index in [1.54, 1.807) is 8.61 Å². The largest absolute Gasteiger partial charge is 0.373 e. The van der Waals surface area contributed by atoms with Gasteiger partial charge in [-0.2, -0.15) is 17.0 Å². The van der Waals surface area contributed by atoms with Gasteiger partial charge in [0.25, 0.3) is 10.2 Å². The van der Waals surface area contributed by atoms with Gasteiger partial charge in [0, 0.05) is 32.2 Å². The summed E-state index contributed by atoms with van der Waals surface area (Å²) in [6.45, 7) is 6.12. The van der Waals surface area contributed by atoms with Crippen LogP contribution in [0.2, 0.25) is 0 Å². The van der Waals surface area contributed by atoms with Crippen LogP contribution in [-0.2, 0) is 14.9 Å². The lowest BCUT2D eigenvalue weighted by atomic mass is 10.1. The van der Waals surface area contributed by atoms with Crippen molar-refractivity contribution in [2.75, 3.05) is 33.2 Å². The van der Waals surface area contributed by atoms with Crippen molar-refractivity contribution < 1.29 is 13.2 Å². The first-order chi connectivity index (χ1) is 9.45. The van der Waals surface area contributed by atoms with E-state index in [1.165, 1.54) is 0 Å². The van der Waals surface area contributed by atoms with E-state index < -0.39 is 10.2 Å². The number of morpholine rings is 1. The highest BCUT2D eigenvalue weighted by Crippen LogP contribution is 2.24. The molecule has 0 bridgehead atoms. The van der Waals surface area contributed by atoms with Crippen molar-refractivity contribution >= 4 is 10.2 Å². The van der Waals surface area contributed by atoms with E-state index >= 15 is 0 Å². The second kappa shape index (κ2) is 6.70. The minimum absolute atomic E-state index is 0.0407. The van der Waals surface area contributed by atoms with E-state index in [-0.39, 0.29) is 18.2 Å². The van der Waals surface area contributed by atoms with Crippen LogP contribution in [0.25, 0.3) is 0 Å². The van der Waals surface area contributed by atoms with Crippen molar-refractivity contribution in [1.82, 2.24) is 13.9 Å². The number of nitrogens with zero attached hydrogens (tertiary/aromatic N) is 2. The highest BCUT2D eigenvalue weighted by molar-refractivity contribution is 7.86. The minimum Gasteiger partial charge on any atom is -0.373 e. The molecular weight excluding hydrogens is 278 g/mol. The SMILES string of the molecule is CNCC1CCCCN1S(=O)(=O)N1CC(C)OC(C)C1. The van der Waals surface area contributed by atoms with Crippen molar-refractivity contribution in [3.63, 3.8) is 0 Å². The molecule has 7 heteroatoms. The van der Waals surface area contributed by atoms with Crippen molar-refractivity contribution in [2.45, 2.75) is 51.4 Å². The molecule has 3 unspecified atom stereocenters. The topological polar surface area (TPSA) is 61.9 Å². The molecule has 0 aromatic rings. The lowest BCUT2D eigenvalue weighted by molar-refractivity contribution is -0.0459. The fourth-order valence-electron chi connectivity index (χ4n) is 3.18. The summed E-state index contributed by atoms with van der Waals surface area (Å²) in [6.07, 6.45) is 2.92. The molecule has 2 saturated heterocycles. The molecule has 3 atom stereocenters. The number of rotatable bonds is 4. The van der Waals surface area contributed by atoms with Gasteiger partial charge >= 0.3 is 0 Å². The first kappa shape index (κ1) is 16.2. The van der Waals surface area contributed by atoms with E-state index in [2.05, 4.69) is 5.32 Å². The van der Waals surface area contributed by atoms with Crippen LogP contribution in [0.3, 0.4) is 0 Å². The smallest absolute Gasteiger partial charge is 0.282 e. The van der Waals surface area contributed by atoms with Crippen molar-refractivity contribution in [2.24, 2.45) is 0 Å². The third-order valence-electron chi connectivity index (χ3n) is 4.02. The van der Waals surface area contributed by atoms with Crippen LogP contribution in [-0.4, -0.2) is 68.5 Å². The zero-order chi connectivity index (χ0) is 14.8. The molecule has 20 heavy (non-hydrogen) atoms. The third-order valence-corrected chi connectivity index (χ3v) is 6.05. The van der Waals surface area contributed by atoms with Crippen LogP contribution < -0.4 is 5.32 Å². The molecule has 0 spiro atoms. The van der Waals surface area contributed by atoms with Crippen LogP contribution in [0, 0.1) is 0 Å². The summed E-state index contributed by atoms with van der Waals surface area (Å²) in [5.41, 5.74) is 0. The molecule has 2 fully saturated rings. The van der Waals surface area contributed by atoms with E-state index in [0.717, 1.165) is 19.3 Å². The monoisotopic (exact) mass is 305 g/mol. The Kier molecular flexibility index (Phi) is 5.42. The molecular formula is C13H27N3O3S. The Balaban J connectivity index is 2.14. The summed E-state index contributed by atoms with van der Waals surface area (Å²) in [6, 6.07) is 0.0761. The maximum atomic E-state index is 12.9. The summed E-state index contributed by atoms with van der Waals surface area (Å²) in [5, 5.41) is 3.11. The van der Waals surface area contributed by atoms with Gasteiger partial charge in [0.2, 0.25) is 0 Å². The Morgan fingerprint density at radius 3 is 2.45 bits per heavy atom. The summed E-state index contributed by atoms with van der Waals surface area (Å²) >= 11 is 0. The Morgan fingerprint density at radius 1 is 1.20 bits per heavy atom. The van der Waals surface area contributed by atoms with Crippen molar-refractivity contribution in [1.29, 1.82) is 0 Å². The molecule has 2 aliphatic rings. The molecule has 0 saturated carbocycles. The zero-order valence-electron chi connectivity index (χ0n) is 12.7. The second-order valence-electron chi connectivity index (χ2n) is 5.90. The zero-order valence-corrected chi connectivity index (χ0v) is 13.5. The Labute approximate surface area is 122 Å². The van der Waals surface area contributed by atoms with Gasteiger partial charge in [0.05, 0.1) is 12.2 Å². The lowest BCUT2D eigenvalue weighted by Gasteiger charge is -2.41. The normalized spacial score (nSPS) is 34.2. The maximum absolute atomic E-state index is 12.9. The number of ether oxygens (including phenoxy) is 1. The summed E-state index contributed by atoms with van der Waals surface area (Å²) < 4.78 is 34.7. The van der Waals surface area contributed by atoms with Gasteiger partial charge in [0.1, 0.15) is 0 Å². The highest BCUT2D eigenvalue weighted by Gasteiger charge is 2.39. The molecule has 0 aromatic heterocycles. The molecule has 0 amide bonds. The average Bonchev–Trinajstić information content (AvgIpc) is 2.38. The molecule has 0 aliphatic carbocycles. The minimum atomic E-state index is -3.38. The van der Waals surface area contributed by atoms with E-state index in [4.69, 9.17) is 4.74 Å². The average molecular weight is 305 g/mol. The van der Waals surface area contributed by atoms with Gasteiger partial charge in [0.15, 0.2) is 0 Å². The summed E-state index contributed by atoms with van der Waals surface area (Å²) in [7, 11) is -1.50. The van der Waals surface area contributed by atoms with Gasteiger partial charge in [-0.3, -0.25) is 0 Å². The number of hydrogen-bond acceptors (Lipinski definition) is 4. The van der Waals surface area contributed by atoms with E-state index in [1.807, 2.05) is 20.9 Å². The fraction of sp³-hybridized carbons (Fsp3) is 1.00. The summed E-state index contributed by atoms with van der Waals surface area (Å²) in [5.74, 6) is 0. The first-order valence-electron chi connectivity index (χ1n) is 7.52. The van der Waals surface area contributed by atoms with Crippen LogP contribution in [0.4, 0.5) is 0 Å². The molecule has 2 rings (SSSR count). The van der Waals surface area contributed by atoms with Gasteiger partial charge in [-0.15, -0.1) is 0 Å². The molecule has 0 radical (unpaired) electrons. The predicted molar refractivity (Wildman–Crippen MR) is 78.8 cm³/mol. The molecule has 2 heterocycles. The van der Waals surface area contributed by atoms with Crippen molar-refractivity contribution in [3.05, 3.63) is 0 Å². The van der Waals surface area contributed by atoms with Gasteiger partial charge in [-0.05, 0) is 33.7 Å². The second-order valence-corrected chi connectivity index (χ2v) is 7.78. The molecule has 6 nitrogen and oxygen atoms in total. The lowest BCUT2D eigenvalue weighted by Crippen LogP contribution is -2.57. The number of likely N-dealkylation sites (N-methyl/N-ethyl adjacent to an activating group) is 1. The van der Waals surface area contributed by atoms with Gasteiger partial charge in [-0.25, -0.2) is 0 Å². The number of hydrogen-bond donors (Lipinski definition) is 1. The van der Waals surface area contributed by atoms with E-state index in [9.17, 15) is 8.42 Å². The fourth-order valence-corrected chi connectivity index (χ4v) is 5.19. The molecule has 0 aromatic carbocycles. The maximum Gasteiger partial charge on any atom is 0.282 e. The number of nitrogens with one attached hydrogen (secondary N) is 1. The Hall–Kier alpha value is -0.210. The third kappa shape index (κ3) is 3.51. The number of piperidine rings is 1. The van der Waals surface area contributed by atoms with Crippen LogP contribution >= 0.6 is 0 Å². The van der Waals surface area contributed by atoms with Crippen LogP contribution in [0.1, 0.15) is 33.1 Å². The molecule has 2 aliphatic heterocycles. The first-order valence-corrected chi connectivity index (χ1v) is 8.91.